The molecule has 0 aliphatic heterocycles. The Kier molecular flexibility index (Phi) is 4.53. The molecule has 0 saturated carbocycles. The number of aromatic nitrogens is 2. The zero-order valence-corrected chi connectivity index (χ0v) is 14.1. The van der Waals surface area contributed by atoms with Gasteiger partial charge in [0.2, 0.25) is 0 Å². The first-order chi connectivity index (χ1) is 10.3. The van der Waals surface area contributed by atoms with Crippen LogP contribution < -0.4 is 5.32 Å². The number of halogens is 1. The smallest absolute Gasteiger partial charge is 0.0645 e. The van der Waals surface area contributed by atoms with Crippen LogP contribution in [0.5, 0.6) is 0 Å². The number of nitrogens with one attached hydrogen (secondary N) is 1. The minimum atomic E-state index is 0.271. The molecule has 0 radical (unpaired) electrons. The molecule has 0 spiro atoms. The van der Waals surface area contributed by atoms with E-state index in [9.17, 15) is 0 Å². The Bertz CT molecular complexity index is 705. The fourth-order valence-electron chi connectivity index (χ4n) is 2.29. The Morgan fingerprint density at radius 3 is 2.81 bits per heavy atom. The van der Waals surface area contributed by atoms with Gasteiger partial charge in [0.25, 0.3) is 0 Å². The Morgan fingerprint density at radius 1 is 1.33 bits per heavy atom. The summed E-state index contributed by atoms with van der Waals surface area (Å²) in [5, 5.41) is 9.97. The maximum Gasteiger partial charge on any atom is 0.0645 e. The molecule has 0 amide bonds. The number of likely N-dealkylation sites (N-methyl/N-ethyl adjacent to an activating group) is 1. The molecular weight excluding hydrogens is 346 g/mol. The van der Waals surface area contributed by atoms with Crippen molar-refractivity contribution in [1.82, 2.24) is 15.1 Å². The lowest BCUT2D eigenvalue weighted by atomic mass is 10.1. The first-order valence-corrected chi connectivity index (χ1v) is 8.43. The second-order valence-corrected chi connectivity index (χ2v) is 6.74. The van der Waals surface area contributed by atoms with Crippen molar-refractivity contribution in [3.8, 4) is 5.69 Å². The van der Waals surface area contributed by atoms with E-state index in [0.29, 0.717) is 0 Å². The van der Waals surface area contributed by atoms with Gasteiger partial charge in [0.1, 0.15) is 0 Å². The predicted molar refractivity (Wildman–Crippen MR) is 91.1 cm³/mol. The fraction of sp³-hybridized carbons (Fsp3) is 0.188. The van der Waals surface area contributed by atoms with Gasteiger partial charge in [0.15, 0.2) is 0 Å². The molecule has 3 nitrogen and oxygen atoms in total. The quantitative estimate of drug-likeness (QED) is 0.737. The Hall–Kier alpha value is -1.43. The molecule has 0 aliphatic rings. The van der Waals surface area contributed by atoms with Crippen molar-refractivity contribution >= 4 is 27.3 Å². The van der Waals surface area contributed by atoms with Crippen LogP contribution in [-0.2, 0) is 6.42 Å². The molecule has 2 heterocycles. The maximum atomic E-state index is 4.47. The van der Waals surface area contributed by atoms with Crippen LogP contribution in [-0.4, -0.2) is 16.8 Å². The van der Waals surface area contributed by atoms with E-state index >= 15 is 0 Å². The van der Waals surface area contributed by atoms with Crippen LogP contribution in [0.25, 0.3) is 5.69 Å². The third kappa shape index (κ3) is 3.43. The lowest BCUT2D eigenvalue weighted by molar-refractivity contribution is 0.596. The number of para-hydroxylation sites is 1. The van der Waals surface area contributed by atoms with Crippen molar-refractivity contribution in [1.29, 1.82) is 0 Å². The molecule has 0 bridgehead atoms. The van der Waals surface area contributed by atoms with Crippen molar-refractivity contribution in [3.05, 3.63) is 69.1 Å². The van der Waals surface area contributed by atoms with E-state index < -0.39 is 0 Å². The van der Waals surface area contributed by atoms with Gasteiger partial charge in [-0.2, -0.15) is 5.10 Å². The van der Waals surface area contributed by atoms with E-state index in [2.05, 4.69) is 56.1 Å². The third-order valence-corrected chi connectivity index (χ3v) is 5.12. The number of hydrogen-bond donors (Lipinski definition) is 1. The highest BCUT2D eigenvalue weighted by molar-refractivity contribution is 9.10. The van der Waals surface area contributed by atoms with Crippen LogP contribution in [0.3, 0.4) is 0 Å². The van der Waals surface area contributed by atoms with Gasteiger partial charge in [-0.15, -0.1) is 11.3 Å². The van der Waals surface area contributed by atoms with Crippen LogP contribution >= 0.6 is 27.3 Å². The standard InChI is InChI=1S/C16H16BrN3S/c1-18-16(8-15-7-13(17)11-21-15)12-9-19-20(10-12)14-5-3-2-4-6-14/h2-7,9-11,16,18H,8H2,1H3. The third-order valence-electron chi connectivity index (χ3n) is 3.40. The van der Waals surface area contributed by atoms with Crippen LogP contribution in [0, 0.1) is 0 Å². The molecule has 0 aliphatic carbocycles. The Morgan fingerprint density at radius 2 is 2.14 bits per heavy atom. The summed E-state index contributed by atoms with van der Waals surface area (Å²) in [6.07, 6.45) is 5.00. The van der Waals surface area contributed by atoms with E-state index in [0.717, 1.165) is 16.6 Å². The second kappa shape index (κ2) is 6.56. The SMILES string of the molecule is CNC(Cc1cc(Br)cs1)c1cnn(-c2ccccc2)c1. The fourth-order valence-corrected chi connectivity index (χ4v) is 3.79. The van der Waals surface area contributed by atoms with Gasteiger partial charge in [-0.3, -0.25) is 0 Å². The van der Waals surface area contributed by atoms with Gasteiger partial charge < -0.3 is 5.32 Å². The highest BCUT2D eigenvalue weighted by Crippen LogP contribution is 2.25. The summed E-state index contributed by atoms with van der Waals surface area (Å²) in [5.41, 5.74) is 2.28. The van der Waals surface area contributed by atoms with E-state index in [4.69, 9.17) is 0 Å². The summed E-state index contributed by atoms with van der Waals surface area (Å²) in [6, 6.07) is 12.6. The molecule has 0 saturated heterocycles. The van der Waals surface area contributed by atoms with Crippen molar-refractivity contribution in [2.45, 2.75) is 12.5 Å². The summed E-state index contributed by atoms with van der Waals surface area (Å²) in [7, 11) is 1.99. The van der Waals surface area contributed by atoms with E-state index in [-0.39, 0.29) is 6.04 Å². The highest BCUT2D eigenvalue weighted by atomic mass is 79.9. The highest BCUT2D eigenvalue weighted by Gasteiger charge is 2.14. The second-order valence-electron chi connectivity index (χ2n) is 4.83. The molecule has 2 aromatic heterocycles. The summed E-state index contributed by atoms with van der Waals surface area (Å²) in [5.74, 6) is 0. The summed E-state index contributed by atoms with van der Waals surface area (Å²) in [4.78, 5) is 1.36. The van der Waals surface area contributed by atoms with Gasteiger partial charge in [-0.1, -0.05) is 18.2 Å². The summed E-state index contributed by atoms with van der Waals surface area (Å²) < 4.78 is 3.07. The van der Waals surface area contributed by atoms with E-state index in [1.165, 1.54) is 10.4 Å². The molecule has 3 rings (SSSR count). The number of benzene rings is 1. The molecule has 108 valence electrons. The zero-order chi connectivity index (χ0) is 14.7. The van der Waals surface area contributed by atoms with Gasteiger partial charge >= 0.3 is 0 Å². The Labute approximate surface area is 136 Å². The molecule has 1 N–H and O–H groups in total. The van der Waals surface area contributed by atoms with Crippen molar-refractivity contribution < 1.29 is 0 Å². The van der Waals surface area contributed by atoms with Crippen LogP contribution in [0.1, 0.15) is 16.5 Å². The van der Waals surface area contributed by atoms with Crippen molar-refractivity contribution in [2.24, 2.45) is 0 Å². The van der Waals surface area contributed by atoms with Crippen molar-refractivity contribution in [2.75, 3.05) is 7.05 Å². The minimum absolute atomic E-state index is 0.271. The molecule has 0 fully saturated rings. The zero-order valence-electron chi connectivity index (χ0n) is 11.7. The summed E-state index contributed by atoms with van der Waals surface area (Å²) in [6.45, 7) is 0. The molecule has 1 aromatic carbocycles. The molecule has 3 aromatic rings. The molecule has 5 heteroatoms. The number of nitrogens with zero attached hydrogens (tertiary/aromatic N) is 2. The average Bonchev–Trinajstić information content (AvgIpc) is 3.15. The van der Waals surface area contributed by atoms with Crippen LogP contribution in [0.2, 0.25) is 0 Å². The molecular formula is C16H16BrN3S. The average molecular weight is 362 g/mol. The van der Waals surface area contributed by atoms with Crippen LogP contribution in [0.4, 0.5) is 0 Å². The molecule has 1 atom stereocenters. The lowest BCUT2D eigenvalue weighted by Crippen LogP contribution is -2.17. The normalized spacial score (nSPS) is 12.5. The first-order valence-electron chi connectivity index (χ1n) is 6.76. The van der Waals surface area contributed by atoms with E-state index in [1.807, 2.05) is 36.1 Å². The van der Waals surface area contributed by atoms with Crippen LogP contribution in [0.15, 0.2) is 58.6 Å². The Balaban J connectivity index is 1.80. The van der Waals surface area contributed by atoms with Gasteiger partial charge in [-0.25, -0.2) is 4.68 Å². The minimum Gasteiger partial charge on any atom is -0.313 e. The molecule has 21 heavy (non-hydrogen) atoms. The number of hydrogen-bond acceptors (Lipinski definition) is 3. The van der Waals surface area contributed by atoms with Gasteiger partial charge in [0.05, 0.1) is 11.9 Å². The molecule has 1 unspecified atom stereocenters. The lowest BCUT2D eigenvalue weighted by Gasteiger charge is -2.13. The monoisotopic (exact) mass is 361 g/mol. The topological polar surface area (TPSA) is 29.9 Å². The van der Waals surface area contributed by atoms with Crippen molar-refractivity contribution in [3.63, 3.8) is 0 Å². The number of rotatable bonds is 5. The van der Waals surface area contributed by atoms with E-state index in [1.54, 1.807) is 11.3 Å². The number of thiophene rings is 1. The predicted octanol–water partition coefficient (Wildman–Crippen LogP) is 4.20. The first kappa shape index (κ1) is 14.5. The van der Waals surface area contributed by atoms with Gasteiger partial charge in [-0.05, 0) is 41.2 Å². The largest absolute Gasteiger partial charge is 0.313 e. The van der Waals surface area contributed by atoms with Gasteiger partial charge in [0, 0.05) is 39.0 Å². The summed E-state index contributed by atoms with van der Waals surface area (Å²) >= 11 is 5.29. The maximum absolute atomic E-state index is 4.47.